The molecule has 0 saturated carbocycles. The van der Waals surface area contributed by atoms with Gasteiger partial charge in [-0.2, -0.15) is 0 Å². The number of ether oxygens (including phenoxy) is 1. The second-order valence-electron chi connectivity index (χ2n) is 8.13. The summed E-state index contributed by atoms with van der Waals surface area (Å²) in [6.07, 6.45) is 5.81. The SMILES string of the molecule is C=Nc1c(/C=C\C)ccc2ccc(-c3ccc(OCc4ccccc4)c(-c4ccccn4)c3)nc12. The molecule has 4 heteroatoms. The van der Waals surface area contributed by atoms with Crippen molar-refractivity contribution in [1.29, 1.82) is 0 Å². The van der Waals surface area contributed by atoms with E-state index in [4.69, 9.17) is 9.72 Å². The van der Waals surface area contributed by atoms with Gasteiger partial charge in [-0.3, -0.25) is 9.98 Å². The summed E-state index contributed by atoms with van der Waals surface area (Å²) in [6, 6.07) is 30.4. The summed E-state index contributed by atoms with van der Waals surface area (Å²) in [5.74, 6) is 0.779. The normalized spacial score (nSPS) is 11.1. The summed E-state index contributed by atoms with van der Waals surface area (Å²) in [7, 11) is 0. The van der Waals surface area contributed by atoms with Gasteiger partial charge in [0.05, 0.1) is 22.6 Å². The molecule has 0 N–H and O–H groups in total. The second kappa shape index (κ2) is 10.1. The van der Waals surface area contributed by atoms with Crippen LogP contribution in [-0.4, -0.2) is 16.7 Å². The van der Waals surface area contributed by atoms with Crippen LogP contribution in [0.4, 0.5) is 5.69 Å². The summed E-state index contributed by atoms with van der Waals surface area (Å²) in [6.45, 7) is 6.26. The molecule has 0 atom stereocenters. The second-order valence-corrected chi connectivity index (χ2v) is 8.13. The van der Waals surface area contributed by atoms with Crippen LogP contribution in [0.3, 0.4) is 0 Å². The van der Waals surface area contributed by atoms with Gasteiger partial charge >= 0.3 is 0 Å². The molecule has 2 aromatic heterocycles. The van der Waals surface area contributed by atoms with Gasteiger partial charge in [-0.25, -0.2) is 4.98 Å². The van der Waals surface area contributed by atoms with Crippen LogP contribution in [0.1, 0.15) is 18.1 Å². The van der Waals surface area contributed by atoms with E-state index >= 15 is 0 Å². The predicted octanol–water partition coefficient (Wildman–Crippen LogP) is 7.91. The van der Waals surface area contributed by atoms with Crippen molar-refractivity contribution in [2.24, 2.45) is 4.99 Å². The Morgan fingerprint density at radius 3 is 2.49 bits per heavy atom. The number of aliphatic imine (C=N–C) groups is 1. The third-order valence-corrected chi connectivity index (χ3v) is 5.82. The Kier molecular flexibility index (Phi) is 6.44. The highest BCUT2D eigenvalue weighted by Gasteiger charge is 2.13. The standard InChI is InChI=1S/C31H25N3O/c1-3-9-23-13-14-24-15-17-27(34-31(24)30(23)32-2)25-16-18-29(35-21-22-10-5-4-6-11-22)26(20-25)28-12-7-8-19-33-28/h3-20H,2,21H2,1H3/b9-3-. The minimum absolute atomic E-state index is 0.482. The first kappa shape index (κ1) is 22.2. The zero-order valence-electron chi connectivity index (χ0n) is 19.6. The molecule has 0 bridgehead atoms. The summed E-state index contributed by atoms with van der Waals surface area (Å²) in [5, 5.41) is 1.03. The van der Waals surface area contributed by atoms with Crippen molar-refractivity contribution < 1.29 is 4.74 Å². The van der Waals surface area contributed by atoms with E-state index in [0.29, 0.717) is 6.61 Å². The maximum atomic E-state index is 6.23. The molecule has 0 aliphatic carbocycles. The minimum Gasteiger partial charge on any atom is -0.488 e. The number of nitrogens with zero attached hydrogens (tertiary/aromatic N) is 3. The number of rotatable bonds is 7. The van der Waals surface area contributed by atoms with E-state index in [1.54, 1.807) is 6.20 Å². The fourth-order valence-electron chi connectivity index (χ4n) is 4.10. The van der Waals surface area contributed by atoms with E-state index < -0.39 is 0 Å². The quantitative estimate of drug-likeness (QED) is 0.234. The molecule has 0 amide bonds. The van der Waals surface area contributed by atoms with Crippen LogP contribution in [0.2, 0.25) is 0 Å². The molecule has 170 valence electrons. The van der Waals surface area contributed by atoms with E-state index in [0.717, 1.165) is 56.0 Å². The highest BCUT2D eigenvalue weighted by atomic mass is 16.5. The number of pyridine rings is 2. The fraction of sp³-hybridized carbons (Fsp3) is 0.0645. The molecule has 0 saturated heterocycles. The first-order valence-electron chi connectivity index (χ1n) is 11.5. The van der Waals surface area contributed by atoms with Gasteiger partial charge < -0.3 is 4.74 Å². The third-order valence-electron chi connectivity index (χ3n) is 5.82. The van der Waals surface area contributed by atoms with Gasteiger partial charge in [0.15, 0.2) is 0 Å². The molecule has 5 aromatic rings. The number of hydrogen-bond acceptors (Lipinski definition) is 4. The van der Waals surface area contributed by atoms with Gasteiger partial charge in [0.1, 0.15) is 12.4 Å². The molecule has 0 radical (unpaired) electrons. The lowest BCUT2D eigenvalue weighted by molar-refractivity contribution is 0.307. The molecule has 0 fully saturated rings. The Morgan fingerprint density at radius 2 is 1.71 bits per heavy atom. The molecule has 0 aliphatic heterocycles. The van der Waals surface area contributed by atoms with Crippen LogP contribution < -0.4 is 4.74 Å². The van der Waals surface area contributed by atoms with E-state index in [2.05, 4.69) is 47.0 Å². The van der Waals surface area contributed by atoms with E-state index in [9.17, 15) is 0 Å². The minimum atomic E-state index is 0.482. The molecule has 0 aliphatic rings. The Hall–Kier alpha value is -4.57. The summed E-state index contributed by atoms with van der Waals surface area (Å²) >= 11 is 0. The van der Waals surface area contributed by atoms with E-state index in [1.165, 1.54) is 0 Å². The zero-order valence-corrected chi connectivity index (χ0v) is 19.6. The van der Waals surface area contributed by atoms with Gasteiger partial charge in [-0.1, -0.05) is 66.7 Å². The average molecular weight is 456 g/mol. The average Bonchev–Trinajstić information content (AvgIpc) is 2.92. The van der Waals surface area contributed by atoms with Crippen LogP contribution >= 0.6 is 0 Å². The molecule has 5 rings (SSSR count). The molecule has 4 nitrogen and oxygen atoms in total. The van der Waals surface area contributed by atoms with E-state index in [-0.39, 0.29) is 0 Å². The lowest BCUT2D eigenvalue weighted by Crippen LogP contribution is -1.98. The Labute approximate surface area is 205 Å². The maximum Gasteiger partial charge on any atom is 0.129 e. The number of aromatic nitrogens is 2. The Morgan fingerprint density at radius 1 is 0.886 bits per heavy atom. The molecule has 0 spiro atoms. The molecule has 2 heterocycles. The first-order chi connectivity index (χ1) is 17.3. The third kappa shape index (κ3) is 4.73. The van der Waals surface area contributed by atoms with Crippen molar-refractivity contribution in [3.63, 3.8) is 0 Å². The van der Waals surface area contributed by atoms with Crippen LogP contribution in [0, 0.1) is 0 Å². The summed E-state index contributed by atoms with van der Waals surface area (Å²) in [4.78, 5) is 13.9. The summed E-state index contributed by atoms with van der Waals surface area (Å²) in [5.41, 5.74) is 7.33. The molecular weight excluding hydrogens is 430 g/mol. The van der Waals surface area contributed by atoms with Crippen molar-refractivity contribution >= 4 is 29.4 Å². The van der Waals surface area contributed by atoms with E-state index in [1.807, 2.05) is 79.7 Å². The number of allylic oxidation sites excluding steroid dienone is 1. The lowest BCUT2D eigenvalue weighted by Gasteiger charge is -2.14. The molecular formula is C31H25N3O. The molecule has 3 aromatic carbocycles. The van der Waals surface area contributed by atoms with Crippen molar-refractivity contribution in [3.05, 3.63) is 114 Å². The van der Waals surface area contributed by atoms with Crippen LogP contribution in [0.5, 0.6) is 5.75 Å². The van der Waals surface area contributed by atoms with Gasteiger partial charge in [0, 0.05) is 28.3 Å². The maximum absolute atomic E-state index is 6.23. The predicted molar refractivity (Wildman–Crippen MR) is 145 cm³/mol. The fourth-order valence-corrected chi connectivity index (χ4v) is 4.10. The molecule has 0 unspecified atom stereocenters. The first-order valence-corrected chi connectivity index (χ1v) is 11.5. The monoisotopic (exact) mass is 455 g/mol. The Bertz CT molecular complexity index is 1510. The summed E-state index contributed by atoms with van der Waals surface area (Å²) < 4.78 is 6.23. The van der Waals surface area contributed by atoms with Gasteiger partial charge in [0.25, 0.3) is 0 Å². The van der Waals surface area contributed by atoms with Crippen molar-refractivity contribution in [3.8, 4) is 28.3 Å². The van der Waals surface area contributed by atoms with Crippen LogP contribution in [0.25, 0.3) is 39.5 Å². The van der Waals surface area contributed by atoms with Gasteiger partial charge in [-0.15, -0.1) is 0 Å². The number of benzene rings is 3. The van der Waals surface area contributed by atoms with Crippen molar-refractivity contribution in [2.45, 2.75) is 13.5 Å². The smallest absolute Gasteiger partial charge is 0.129 e. The zero-order chi connectivity index (χ0) is 24.0. The van der Waals surface area contributed by atoms with Crippen molar-refractivity contribution in [1.82, 2.24) is 9.97 Å². The Balaban J connectivity index is 1.59. The number of fused-ring (bicyclic) bond motifs is 1. The highest BCUT2D eigenvalue weighted by molar-refractivity contribution is 5.95. The largest absolute Gasteiger partial charge is 0.488 e. The van der Waals surface area contributed by atoms with Crippen LogP contribution in [-0.2, 0) is 6.61 Å². The van der Waals surface area contributed by atoms with Crippen molar-refractivity contribution in [2.75, 3.05) is 0 Å². The highest BCUT2D eigenvalue weighted by Crippen LogP contribution is 2.36. The van der Waals surface area contributed by atoms with Gasteiger partial charge in [-0.05, 0) is 55.6 Å². The molecule has 35 heavy (non-hydrogen) atoms. The van der Waals surface area contributed by atoms with Crippen LogP contribution in [0.15, 0.2) is 108 Å². The number of hydrogen-bond donors (Lipinski definition) is 0. The van der Waals surface area contributed by atoms with Gasteiger partial charge in [0.2, 0.25) is 0 Å². The lowest BCUT2D eigenvalue weighted by atomic mass is 10.0. The topological polar surface area (TPSA) is 47.4 Å².